The zero-order valence-corrected chi connectivity index (χ0v) is 12.8. The van der Waals surface area contributed by atoms with Gasteiger partial charge in [0.25, 0.3) is 0 Å². The molecule has 1 saturated heterocycles. The highest BCUT2D eigenvalue weighted by Gasteiger charge is 2.19. The highest BCUT2D eigenvalue weighted by atomic mass is 35.5. The molecule has 0 spiro atoms. The number of piperidine rings is 1. The Hall–Kier alpha value is -0.570. The highest BCUT2D eigenvalue weighted by molar-refractivity contribution is 6.30. The first kappa shape index (κ1) is 14.8. The molecule has 1 N–H and O–H groups in total. The second-order valence-corrected chi connectivity index (χ2v) is 6.37. The van der Waals surface area contributed by atoms with E-state index in [0.717, 1.165) is 24.0 Å². The first-order valence-corrected chi connectivity index (χ1v) is 7.71. The van der Waals surface area contributed by atoms with Crippen LogP contribution in [-0.4, -0.2) is 30.6 Å². The lowest BCUT2D eigenvalue weighted by Crippen LogP contribution is -2.40. The second kappa shape index (κ2) is 7.28. The van der Waals surface area contributed by atoms with Crippen molar-refractivity contribution in [3.05, 3.63) is 34.9 Å². The maximum Gasteiger partial charge on any atom is 0.0409 e. The third kappa shape index (κ3) is 5.13. The van der Waals surface area contributed by atoms with Gasteiger partial charge in [-0.3, -0.25) is 4.90 Å². The number of halogens is 1. The number of nitrogens with zero attached hydrogens (tertiary/aromatic N) is 1. The van der Waals surface area contributed by atoms with Crippen molar-refractivity contribution in [2.45, 2.75) is 39.3 Å². The van der Waals surface area contributed by atoms with Gasteiger partial charge in [0.05, 0.1) is 0 Å². The molecule has 1 heterocycles. The predicted molar refractivity (Wildman–Crippen MR) is 82.6 cm³/mol. The Kier molecular flexibility index (Phi) is 5.68. The van der Waals surface area contributed by atoms with E-state index in [-0.39, 0.29) is 0 Å². The molecule has 1 fully saturated rings. The normalized spacial score (nSPS) is 20.9. The molecule has 106 valence electrons. The minimum atomic E-state index is 0.586. The largest absolute Gasteiger partial charge is 0.314 e. The third-order valence-electron chi connectivity index (χ3n) is 3.71. The number of nitrogens with one attached hydrogen (secondary N) is 1. The topological polar surface area (TPSA) is 15.3 Å². The molecule has 2 nitrogen and oxygen atoms in total. The molecular formula is C16H25ClN2. The number of hydrogen-bond donors (Lipinski definition) is 1. The van der Waals surface area contributed by atoms with E-state index in [4.69, 9.17) is 11.6 Å². The van der Waals surface area contributed by atoms with Gasteiger partial charge in [0.15, 0.2) is 0 Å². The van der Waals surface area contributed by atoms with Crippen LogP contribution in [0.3, 0.4) is 0 Å². The van der Waals surface area contributed by atoms with Gasteiger partial charge < -0.3 is 5.32 Å². The van der Waals surface area contributed by atoms with E-state index in [1.165, 1.54) is 31.5 Å². The van der Waals surface area contributed by atoms with E-state index >= 15 is 0 Å². The van der Waals surface area contributed by atoms with Crippen molar-refractivity contribution in [3.63, 3.8) is 0 Å². The summed E-state index contributed by atoms with van der Waals surface area (Å²) < 4.78 is 0. The van der Waals surface area contributed by atoms with Gasteiger partial charge in [0, 0.05) is 24.2 Å². The fourth-order valence-electron chi connectivity index (χ4n) is 2.76. The van der Waals surface area contributed by atoms with Crippen LogP contribution in [0, 0.1) is 5.92 Å². The van der Waals surface area contributed by atoms with Crippen molar-refractivity contribution < 1.29 is 0 Å². The van der Waals surface area contributed by atoms with Crippen LogP contribution < -0.4 is 5.32 Å². The summed E-state index contributed by atoms with van der Waals surface area (Å²) in [7, 11) is 0. The second-order valence-electron chi connectivity index (χ2n) is 5.94. The van der Waals surface area contributed by atoms with E-state index in [1.54, 1.807) is 0 Å². The summed E-state index contributed by atoms with van der Waals surface area (Å²) in [5.41, 5.74) is 1.32. The van der Waals surface area contributed by atoms with Crippen LogP contribution in [0.1, 0.15) is 32.3 Å². The third-order valence-corrected chi connectivity index (χ3v) is 3.95. The molecule has 0 radical (unpaired) electrons. The molecule has 2 rings (SSSR count). The van der Waals surface area contributed by atoms with Gasteiger partial charge in [0.2, 0.25) is 0 Å². The van der Waals surface area contributed by atoms with Crippen LogP contribution in [0.5, 0.6) is 0 Å². The predicted octanol–water partition coefficient (Wildman–Crippen LogP) is 3.55. The van der Waals surface area contributed by atoms with Crippen molar-refractivity contribution in [2.75, 3.05) is 19.6 Å². The minimum Gasteiger partial charge on any atom is -0.314 e. The van der Waals surface area contributed by atoms with Gasteiger partial charge in [-0.2, -0.15) is 0 Å². The van der Waals surface area contributed by atoms with E-state index in [1.807, 2.05) is 12.1 Å². The van der Waals surface area contributed by atoms with Gasteiger partial charge in [0.1, 0.15) is 0 Å². The lowest BCUT2D eigenvalue weighted by molar-refractivity contribution is 0.164. The van der Waals surface area contributed by atoms with E-state index in [0.29, 0.717) is 6.04 Å². The number of likely N-dealkylation sites (tertiary alicyclic amines) is 1. The molecule has 1 unspecified atom stereocenters. The quantitative estimate of drug-likeness (QED) is 0.887. The maximum absolute atomic E-state index is 6.05. The molecule has 1 aromatic carbocycles. The van der Waals surface area contributed by atoms with Gasteiger partial charge in [-0.15, -0.1) is 0 Å². The molecule has 0 aliphatic carbocycles. The number of hydrogen-bond acceptors (Lipinski definition) is 2. The Morgan fingerprint density at radius 1 is 1.42 bits per heavy atom. The van der Waals surface area contributed by atoms with Crippen LogP contribution in [0.2, 0.25) is 5.02 Å². The summed E-state index contributed by atoms with van der Waals surface area (Å²) in [6.07, 6.45) is 2.66. The van der Waals surface area contributed by atoms with Crippen LogP contribution in [-0.2, 0) is 6.54 Å². The SMILES string of the molecule is CC(C)NCC1CCCN(Cc2cccc(Cl)c2)C1. The van der Waals surface area contributed by atoms with Crippen molar-refractivity contribution in [2.24, 2.45) is 5.92 Å². The molecule has 1 aliphatic rings. The monoisotopic (exact) mass is 280 g/mol. The first-order valence-electron chi connectivity index (χ1n) is 7.33. The fraction of sp³-hybridized carbons (Fsp3) is 0.625. The average molecular weight is 281 g/mol. The number of benzene rings is 1. The molecular weight excluding hydrogens is 256 g/mol. The summed E-state index contributed by atoms with van der Waals surface area (Å²) in [6.45, 7) is 9.01. The molecule has 0 bridgehead atoms. The van der Waals surface area contributed by atoms with Crippen LogP contribution in [0.4, 0.5) is 0 Å². The Morgan fingerprint density at radius 3 is 3.00 bits per heavy atom. The maximum atomic E-state index is 6.05. The van der Waals surface area contributed by atoms with Crippen molar-refractivity contribution in [1.82, 2.24) is 10.2 Å². The smallest absolute Gasteiger partial charge is 0.0409 e. The Balaban J connectivity index is 1.83. The summed E-state index contributed by atoms with van der Waals surface area (Å²) in [6, 6.07) is 8.82. The molecule has 0 amide bonds. The van der Waals surface area contributed by atoms with E-state index in [2.05, 4.69) is 36.2 Å². The van der Waals surface area contributed by atoms with Crippen molar-refractivity contribution in [1.29, 1.82) is 0 Å². The standard InChI is InChI=1S/C16H25ClN2/c1-13(2)18-10-15-6-4-8-19(12-15)11-14-5-3-7-16(17)9-14/h3,5,7,9,13,15,18H,4,6,8,10-12H2,1-2H3. The molecule has 1 aromatic rings. The summed E-state index contributed by atoms with van der Waals surface area (Å²) in [5.74, 6) is 0.787. The summed E-state index contributed by atoms with van der Waals surface area (Å²) in [4.78, 5) is 2.56. The fourth-order valence-corrected chi connectivity index (χ4v) is 2.97. The zero-order chi connectivity index (χ0) is 13.7. The van der Waals surface area contributed by atoms with Crippen LogP contribution >= 0.6 is 11.6 Å². The zero-order valence-electron chi connectivity index (χ0n) is 12.0. The Morgan fingerprint density at radius 2 is 2.26 bits per heavy atom. The molecule has 1 aliphatic heterocycles. The molecule has 1 atom stereocenters. The highest BCUT2D eigenvalue weighted by Crippen LogP contribution is 2.19. The minimum absolute atomic E-state index is 0.586. The van der Waals surface area contributed by atoms with Crippen molar-refractivity contribution >= 4 is 11.6 Å². The Bertz CT molecular complexity index is 392. The molecule has 3 heteroatoms. The first-order chi connectivity index (χ1) is 9.13. The van der Waals surface area contributed by atoms with Gasteiger partial charge in [-0.05, 0) is 49.5 Å². The van der Waals surface area contributed by atoms with Gasteiger partial charge in [-0.25, -0.2) is 0 Å². The average Bonchev–Trinajstić information content (AvgIpc) is 2.37. The van der Waals surface area contributed by atoms with Crippen LogP contribution in [0.15, 0.2) is 24.3 Å². The van der Waals surface area contributed by atoms with E-state index in [9.17, 15) is 0 Å². The summed E-state index contributed by atoms with van der Waals surface area (Å²) in [5, 5.41) is 4.40. The van der Waals surface area contributed by atoms with Gasteiger partial charge in [-0.1, -0.05) is 37.6 Å². The lowest BCUT2D eigenvalue weighted by Gasteiger charge is -2.33. The molecule has 0 aromatic heterocycles. The molecule has 19 heavy (non-hydrogen) atoms. The Labute approximate surface area is 122 Å². The van der Waals surface area contributed by atoms with Gasteiger partial charge >= 0.3 is 0 Å². The summed E-state index contributed by atoms with van der Waals surface area (Å²) >= 11 is 6.05. The van der Waals surface area contributed by atoms with Crippen molar-refractivity contribution in [3.8, 4) is 0 Å². The molecule has 0 saturated carbocycles. The lowest BCUT2D eigenvalue weighted by atomic mass is 9.97. The van der Waals surface area contributed by atoms with Crippen LogP contribution in [0.25, 0.3) is 0 Å². The number of rotatable bonds is 5. The van der Waals surface area contributed by atoms with E-state index < -0.39 is 0 Å².